The van der Waals surface area contributed by atoms with Gasteiger partial charge in [-0.2, -0.15) is 0 Å². The molecule has 2 heterocycles. The second-order valence-corrected chi connectivity index (χ2v) is 19.0. The van der Waals surface area contributed by atoms with Gasteiger partial charge < -0.3 is 34.1 Å². The highest BCUT2D eigenvalue weighted by molar-refractivity contribution is 7.15. The number of rotatable bonds is 13. The number of thiophene rings is 2. The molecule has 2 unspecified atom stereocenters. The molecule has 1 aliphatic rings. The Balaban J connectivity index is 0.000000427. The Labute approximate surface area is 359 Å². The molecule has 0 aliphatic heterocycles. The van der Waals surface area contributed by atoms with Gasteiger partial charge in [0.1, 0.15) is 21.8 Å². The van der Waals surface area contributed by atoms with Crippen molar-refractivity contribution < 1.29 is 42.9 Å². The van der Waals surface area contributed by atoms with E-state index in [1.165, 1.54) is 65.8 Å². The summed E-state index contributed by atoms with van der Waals surface area (Å²) in [5.74, 6) is 11.2. The van der Waals surface area contributed by atoms with Crippen LogP contribution in [-0.4, -0.2) is 121 Å². The summed E-state index contributed by atoms with van der Waals surface area (Å²) in [6.45, 7) is 14.4. The normalized spacial score (nSPS) is 16.0. The van der Waals surface area contributed by atoms with E-state index < -0.39 is 24.0 Å². The number of hydrogen-bond donors (Lipinski definition) is 1. The fraction of sp³-hybridized carbons (Fsp3) is 0.614. The Morgan fingerprint density at radius 2 is 1.20 bits per heavy atom. The monoisotopic (exact) mass is 856 g/mol. The van der Waals surface area contributed by atoms with Gasteiger partial charge in [0.15, 0.2) is 0 Å². The zero-order chi connectivity index (χ0) is 44.8. The standard InChI is InChI=1S/C26H38N2O5S.C18H26N2O4S/c1-17-9-11-18(12-10-17)23(29)28(21(16-32-7)24(30)27(5)6)20-15-19(13-14-26(2,3)4)34-22(20)25(31)33-8;1-18(2,3)9-8-12-10-13(15(25-12)17(22)24-7)19-14(11-23-6)16(21)20(4)5/h15,17-18,21H,9-12,16H2,1-8H3;10,14,19H,11H2,1-7H3. The number of carbonyl (C=O) groups excluding carboxylic acids is 5. The molecule has 2 aromatic heterocycles. The number of nitrogens with zero attached hydrogens (tertiary/aromatic N) is 3. The average Bonchev–Trinajstić information content (AvgIpc) is 3.78. The lowest BCUT2D eigenvalue weighted by molar-refractivity contribution is -0.134. The maximum Gasteiger partial charge on any atom is 0.350 e. The van der Waals surface area contributed by atoms with Crippen LogP contribution in [0.2, 0.25) is 0 Å². The van der Waals surface area contributed by atoms with Crippen LogP contribution >= 0.6 is 22.7 Å². The molecule has 326 valence electrons. The summed E-state index contributed by atoms with van der Waals surface area (Å²) < 4.78 is 20.4. The fourth-order valence-corrected chi connectivity index (χ4v) is 7.67. The molecule has 59 heavy (non-hydrogen) atoms. The van der Waals surface area contributed by atoms with Gasteiger partial charge in [0.2, 0.25) is 17.7 Å². The molecule has 1 saturated carbocycles. The molecule has 1 aliphatic carbocycles. The molecule has 13 nitrogen and oxygen atoms in total. The third-order valence-electron chi connectivity index (χ3n) is 8.93. The summed E-state index contributed by atoms with van der Waals surface area (Å²) in [5, 5.41) is 3.09. The van der Waals surface area contributed by atoms with Crippen molar-refractivity contribution in [2.45, 2.75) is 86.2 Å². The zero-order valence-corrected chi connectivity index (χ0v) is 39.2. The first-order valence-corrected chi connectivity index (χ1v) is 21.1. The van der Waals surface area contributed by atoms with Gasteiger partial charge in [0.05, 0.1) is 48.6 Å². The predicted octanol–water partition coefficient (Wildman–Crippen LogP) is 6.64. The predicted molar refractivity (Wildman–Crippen MR) is 235 cm³/mol. The maximum absolute atomic E-state index is 14.0. The Bertz CT molecular complexity index is 1890. The fourth-order valence-electron chi connectivity index (χ4n) is 5.86. The molecular formula is C44H64N4O9S2. The molecule has 1 fully saturated rings. The zero-order valence-electron chi connectivity index (χ0n) is 37.5. The van der Waals surface area contributed by atoms with E-state index in [9.17, 15) is 24.0 Å². The number of hydrogen-bond acceptors (Lipinski definition) is 12. The molecule has 0 saturated heterocycles. The van der Waals surface area contributed by atoms with Crippen molar-refractivity contribution in [1.29, 1.82) is 0 Å². The van der Waals surface area contributed by atoms with Crippen LogP contribution in [0.15, 0.2) is 12.1 Å². The summed E-state index contributed by atoms with van der Waals surface area (Å²) in [7, 11) is 12.3. The Kier molecular flexibility index (Phi) is 19.6. The van der Waals surface area contributed by atoms with Crippen molar-refractivity contribution in [3.05, 3.63) is 31.6 Å². The number of esters is 2. The molecule has 0 bridgehead atoms. The van der Waals surface area contributed by atoms with Gasteiger partial charge in [-0.1, -0.05) is 30.6 Å². The summed E-state index contributed by atoms with van der Waals surface area (Å²) in [6.07, 6.45) is 3.41. The van der Waals surface area contributed by atoms with Crippen LogP contribution in [0, 0.1) is 46.3 Å². The smallest absolute Gasteiger partial charge is 0.350 e. The number of anilines is 2. The number of carbonyl (C=O) groups is 5. The van der Waals surface area contributed by atoms with E-state index in [0.717, 1.165) is 30.6 Å². The lowest BCUT2D eigenvalue weighted by atomic mass is 9.82. The number of likely N-dealkylation sites (N-methyl/N-ethyl adjacent to an activating group) is 2. The molecule has 3 rings (SSSR count). The minimum atomic E-state index is -0.909. The van der Waals surface area contributed by atoms with Crippen LogP contribution in [0.5, 0.6) is 0 Å². The summed E-state index contributed by atoms with van der Waals surface area (Å²) in [4.78, 5) is 70.7. The maximum atomic E-state index is 14.0. The second kappa shape index (κ2) is 22.8. The van der Waals surface area contributed by atoms with E-state index in [4.69, 9.17) is 18.9 Å². The van der Waals surface area contributed by atoms with Gasteiger partial charge >= 0.3 is 11.9 Å². The van der Waals surface area contributed by atoms with Crippen LogP contribution in [0.3, 0.4) is 0 Å². The highest BCUT2D eigenvalue weighted by atomic mass is 32.1. The van der Waals surface area contributed by atoms with Gasteiger partial charge in [-0.15, -0.1) is 22.7 Å². The quantitative estimate of drug-likeness (QED) is 0.172. The van der Waals surface area contributed by atoms with Crippen LogP contribution in [-0.2, 0) is 33.3 Å². The molecule has 2 atom stereocenters. The SMILES string of the molecule is COCC(C(=O)N(C)C)N(C(=O)C1CCC(C)CC1)c1cc(C#CC(C)(C)C)sc1C(=O)OC.COCC(Nc1cc(C#CC(C)(C)C)sc1C(=O)OC)C(=O)N(C)C. The van der Waals surface area contributed by atoms with Gasteiger partial charge in [-0.05, 0) is 85.3 Å². The van der Waals surface area contributed by atoms with E-state index in [2.05, 4.69) is 35.9 Å². The number of nitrogens with one attached hydrogen (secondary N) is 1. The van der Waals surface area contributed by atoms with E-state index in [0.29, 0.717) is 27.0 Å². The number of amides is 3. The van der Waals surface area contributed by atoms with Gasteiger partial charge in [-0.25, -0.2) is 9.59 Å². The highest BCUT2D eigenvalue weighted by Crippen LogP contribution is 2.37. The van der Waals surface area contributed by atoms with Crippen molar-refractivity contribution in [3.63, 3.8) is 0 Å². The Hall–Kier alpha value is -4.41. The van der Waals surface area contributed by atoms with Crippen LogP contribution < -0.4 is 10.2 Å². The topological polar surface area (TPSA) is 144 Å². The van der Waals surface area contributed by atoms with Crippen molar-refractivity contribution in [1.82, 2.24) is 9.80 Å². The Morgan fingerprint density at radius 3 is 1.66 bits per heavy atom. The van der Waals surface area contributed by atoms with E-state index in [-0.39, 0.29) is 52.6 Å². The lowest BCUT2D eigenvalue weighted by Crippen LogP contribution is -2.54. The van der Waals surface area contributed by atoms with Crippen LogP contribution in [0.25, 0.3) is 0 Å². The molecule has 15 heteroatoms. The number of methoxy groups -OCH3 is 4. The average molecular weight is 857 g/mol. The minimum Gasteiger partial charge on any atom is -0.465 e. The highest BCUT2D eigenvalue weighted by Gasteiger charge is 2.39. The molecule has 1 N–H and O–H groups in total. The van der Waals surface area contributed by atoms with Crippen LogP contribution in [0.1, 0.15) is 103 Å². The first-order valence-electron chi connectivity index (χ1n) is 19.5. The van der Waals surface area contributed by atoms with Crippen LogP contribution in [0.4, 0.5) is 11.4 Å². The third kappa shape index (κ3) is 15.6. The Morgan fingerprint density at radius 1 is 0.729 bits per heavy atom. The van der Waals surface area contributed by atoms with Gasteiger partial charge in [0.25, 0.3) is 0 Å². The number of ether oxygens (including phenoxy) is 4. The van der Waals surface area contributed by atoms with Gasteiger partial charge in [-0.3, -0.25) is 19.3 Å². The summed E-state index contributed by atoms with van der Waals surface area (Å²) in [6, 6.07) is 1.97. The third-order valence-corrected chi connectivity index (χ3v) is 11.0. The molecule has 3 amide bonds. The van der Waals surface area contributed by atoms with Crippen molar-refractivity contribution in [2.24, 2.45) is 22.7 Å². The van der Waals surface area contributed by atoms with Crippen molar-refractivity contribution >= 4 is 63.7 Å². The summed E-state index contributed by atoms with van der Waals surface area (Å²) >= 11 is 2.41. The summed E-state index contributed by atoms with van der Waals surface area (Å²) in [5.41, 5.74) is 0.495. The largest absolute Gasteiger partial charge is 0.465 e. The molecule has 0 spiro atoms. The first-order chi connectivity index (χ1) is 27.5. The van der Waals surface area contributed by atoms with E-state index in [1.54, 1.807) is 40.3 Å². The molecule has 0 aromatic carbocycles. The van der Waals surface area contributed by atoms with E-state index in [1.807, 2.05) is 41.5 Å². The lowest BCUT2D eigenvalue weighted by Gasteiger charge is -2.36. The van der Waals surface area contributed by atoms with Crippen molar-refractivity contribution in [3.8, 4) is 23.7 Å². The molecular weight excluding hydrogens is 793 g/mol. The van der Waals surface area contributed by atoms with Crippen molar-refractivity contribution in [2.75, 3.05) is 80.1 Å². The molecule has 0 radical (unpaired) electrons. The van der Waals surface area contributed by atoms with Gasteiger partial charge in [0, 0.05) is 59.2 Å². The molecule has 2 aromatic rings. The first kappa shape index (κ1) is 50.7. The minimum absolute atomic E-state index is 0.00530. The van der Waals surface area contributed by atoms with E-state index >= 15 is 0 Å². The second-order valence-electron chi connectivity index (χ2n) is 16.9.